The number of nitrogens with two attached hydrogens (primary N) is 1. The van der Waals surface area contributed by atoms with Crippen molar-refractivity contribution in [2.75, 3.05) is 5.73 Å². The van der Waals surface area contributed by atoms with Gasteiger partial charge in [0.2, 0.25) is 0 Å². The van der Waals surface area contributed by atoms with Crippen LogP contribution < -0.4 is 5.73 Å². The largest absolute Gasteiger partial charge is 0.416 e. The van der Waals surface area contributed by atoms with Crippen molar-refractivity contribution in [3.63, 3.8) is 0 Å². The summed E-state index contributed by atoms with van der Waals surface area (Å²) in [6, 6.07) is 5.31. The van der Waals surface area contributed by atoms with Crippen LogP contribution in [0.15, 0.2) is 36.4 Å². The number of benzene rings is 2. The van der Waals surface area contributed by atoms with Crippen molar-refractivity contribution in [1.29, 1.82) is 0 Å². The Morgan fingerprint density at radius 1 is 0.737 bits per heavy atom. The van der Waals surface area contributed by atoms with Crippen LogP contribution in [-0.2, 0) is 6.18 Å². The minimum Gasteiger partial charge on any atom is -0.399 e. The van der Waals surface area contributed by atoms with Gasteiger partial charge in [-0.05, 0) is 47.5 Å². The minimum atomic E-state index is -4.67. The number of anilines is 1. The molecule has 0 aliphatic heterocycles. The maximum atomic E-state index is 13.2. The molecule has 2 N–H and O–H groups in total. The molecule has 0 aliphatic rings. The van der Waals surface area contributed by atoms with Gasteiger partial charge < -0.3 is 5.73 Å². The fourth-order valence-corrected chi connectivity index (χ4v) is 1.70. The van der Waals surface area contributed by atoms with Crippen LogP contribution in [0.1, 0.15) is 5.56 Å². The predicted octanol–water partition coefficient (Wildman–Crippen LogP) is 4.23. The second-order valence-corrected chi connectivity index (χ2v) is 4.00. The smallest absolute Gasteiger partial charge is 0.399 e. The molecule has 19 heavy (non-hydrogen) atoms. The summed E-state index contributed by atoms with van der Waals surface area (Å²) in [6.07, 6.45) is -4.67. The fraction of sp³-hybridized carbons (Fsp3) is 0.0769. The number of alkyl halides is 3. The third-order valence-corrected chi connectivity index (χ3v) is 2.48. The number of nitrogen functional groups attached to an aromatic ring is 1. The van der Waals surface area contributed by atoms with Gasteiger partial charge in [-0.25, -0.2) is 8.78 Å². The lowest BCUT2D eigenvalue weighted by Crippen LogP contribution is -2.05. The summed E-state index contributed by atoms with van der Waals surface area (Å²) < 4.78 is 64.0. The van der Waals surface area contributed by atoms with E-state index in [4.69, 9.17) is 5.73 Å². The Bertz CT molecular complexity index is 599. The van der Waals surface area contributed by atoms with Gasteiger partial charge in [-0.3, -0.25) is 0 Å². The van der Waals surface area contributed by atoms with Gasteiger partial charge in [-0.15, -0.1) is 0 Å². The van der Waals surface area contributed by atoms with Crippen molar-refractivity contribution in [1.82, 2.24) is 0 Å². The van der Waals surface area contributed by atoms with E-state index in [-0.39, 0.29) is 16.8 Å². The van der Waals surface area contributed by atoms with Crippen LogP contribution in [0.25, 0.3) is 11.1 Å². The first kappa shape index (κ1) is 13.3. The first-order valence-electron chi connectivity index (χ1n) is 5.20. The van der Waals surface area contributed by atoms with Gasteiger partial charge in [0, 0.05) is 5.69 Å². The molecule has 0 aliphatic carbocycles. The SMILES string of the molecule is Nc1cc(F)cc(-c2cc(F)cc(C(F)(F)F)c2)c1. The molecular weight excluding hydrogens is 265 g/mol. The molecule has 100 valence electrons. The highest BCUT2D eigenvalue weighted by atomic mass is 19.4. The van der Waals surface area contributed by atoms with Crippen molar-refractivity contribution in [2.45, 2.75) is 6.18 Å². The molecule has 0 bridgehead atoms. The number of hydrogen-bond donors (Lipinski definition) is 1. The highest BCUT2D eigenvalue weighted by Crippen LogP contribution is 2.33. The summed E-state index contributed by atoms with van der Waals surface area (Å²) in [5.41, 5.74) is 4.32. The average Bonchev–Trinajstić information content (AvgIpc) is 2.25. The average molecular weight is 273 g/mol. The lowest BCUT2D eigenvalue weighted by Gasteiger charge is -2.10. The lowest BCUT2D eigenvalue weighted by atomic mass is 10.0. The first-order valence-corrected chi connectivity index (χ1v) is 5.20. The van der Waals surface area contributed by atoms with Crippen molar-refractivity contribution in [3.8, 4) is 11.1 Å². The van der Waals surface area contributed by atoms with Gasteiger partial charge >= 0.3 is 6.18 Å². The molecule has 1 nitrogen and oxygen atoms in total. The minimum absolute atomic E-state index is 0.0489. The van der Waals surface area contributed by atoms with E-state index in [9.17, 15) is 22.0 Å². The maximum Gasteiger partial charge on any atom is 0.416 e. The molecular formula is C13H8F5N. The van der Waals surface area contributed by atoms with Crippen LogP contribution in [0, 0.1) is 11.6 Å². The Kier molecular flexibility index (Phi) is 3.18. The zero-order valence-corrected chi connectivity index (χ0v) is 9.43. The molecule has 2 aromatic rings. The van der Waals surface area contributed by atoms with Crippen LogP contribution in [-0.4, -0.2) is 0 Å². The molecule has 2 rings (SSSR count). The molecule has 0 aromatic heterocycles. The summed E-state index contributed by atoms with van der Waals surface area (Å²) in [6.45, 7) is 0. The van der Waals surface area contributed by atoms with E-state index in [0.717, 1.165) is 24.3 Å². The van der Waals surface area contributed by atoms with E-state index in [2.05, 4.69) is 0 Å². The molecule has 2 aromatic carbocycles. The monoisotopic (exact) mass is 273 g/mol. The van der Waals surface area contributed by atoms with E-state index in [0.29, 0.717) is 6.07 Å². The van der Waals surface area contributed by atoms with E-state index in [1.807, 2.05) is 0 Å². The van der Waals surface area contributed by atoms with E-state index >= 15 is 0 Å². The highest BCUT2D eigenvalue weighted by Gasteiger charge is 2.31. The highest BCUT2D eigenvalue weighted by molar-refractivity contribution is 5.68. The van der Waals surface area contributed by atoms with Crippen molar-refractivity contribution >= 4 is 5.69 Å². The molecule has 0 saturated carbocycles. The third kappa shape index (κ3) is 3.01. The summed E-state index contributed by atoms with van der Waals surface area (Å²) in [4.78, 5) is 0. The van der Waals surface area contributed by atoms with Crippen LogP contribution in [0.2, 0.25) is 0 Å². The van der Waals surface area contributed by atoms with Gasteiger partial charge in [0.25, 0.3) is 0 Å². The van der Waals surface area contributed by atoms with E-state index < -0.39 is 23.4 Å². The van der Waals surface area contributed by atoms with Gasteiger partial charge in [-0.1, -0.05) is 0 Å². The first-order chi connectivity index (χ1) is 8.75. The summed E-state index contributed by atoms with van der Waals surface area (Å²) >= 11 is 0. The summed E-state index contributed by atoms with van der Waals surface area (Å²) in [5, 5.41) is 0. The maximum absolute atomic E-state index is 13.2. The van der Waals surface area contributed by atoms with E-state index in [1.165, 1.54) is 6.07 Å². The second kappa shape index (κ2) is 4.53. The Morgan fingerprint density at radius 3 is 1.79 bits per heavy atom. The molecule has 0 amide bonds. The standard InChI is InChI=1S/C13H8F5N/c14-10-2-7(1-9(5-10)13(16,17)18)8-3-11(15)6-12(19)4-8/h1-6H,19H2. The van der Waals surface area contributed by atoms with Crippen LogP contribution in [0.4, 0.5) is 27.6 Å². The summed E-state index contributed by atoms with van der Waals surface area (Å²) in [5.74, 6) is -1.75. The Hall–Kier alpha value is -2.11. The quantitative estimate of drug-likeness (QED) is 0.610. The molecule has 6 heteroatoms. The molecule has 0 heterocycles. The third-order valence-electron chi connectivity index (χ3n) is 2.48. The molecule has 0 saturated heterocycles. The van der Waals surface area contributed by atoms with Gasteiger partial charge in [0.05, 0.1) is 5.56 Å². The Balaban J connectivity index is 2.59. The number of hydrogen-bond acceptors (Lipinski definition) is 1. The lowest BCUT2D eigenvalue weighted by molar-refractivity contribution is -0.137. The molecule has 0 spiro atoms. The van der Waals surface area contributed by atoms with Crippen molar-refractivity contribution in [3.05, 3.63) is 53.6 Å². The number of halogens is 5. The number of rotatable bonds is 1. The van der Waals surface area contributed by atoms with Gasteiger partial charge in [0.15, 0.2) is 0 Å². The molecule has 0 unspecified atom stereocenters. The molecule has 0 atom stereocenters. The van der Waals surface area contributed by atoms with Crippen LogP contribution >= 0.6 is 0 Å². The fourth-order valence-electron chi connectivity index (χ4n) is 1.70. The summed E-state index contributed by atoms with van der Waals surface area (Å²) in [7, 11) is 0. The molecule has 0 fully saturated rings. The van der Waals surface area contributed by atoms with Crippen LogP contribution in [0.3, 0.4) is 0 Å². The molecule has 0 radical (unpaired) electrons. The van der Waals surface area contributed by atoms with Gasteiger partial charge in [-0.2, -0.15) is 13.2 Å². The zero-order chi connectivity index (χ0) is 14.2. The predicted molar refractivity (Wildman–Crippen MR) is 61.2 cm³/mol. The Labute approximate surface area is 105 Å². The van der Waals surface area contributed by atoms with Crippen molar-refractivity contribution in [2.24, 2.45) is 0 Å². The second-order valence-electron chi connectivity index (χ2n) is 4.00. The Morgan fingerprint density at radius 2 is 1.26 bits per heavy atom. The van der Waals surface area contributed by atoms with Gasteiger partial charge in [0.1, 0.15) is 11.6 Å². The van der Waals surface area contributed by atoms with E-state index in [1.54, 1.807) is 0 Å². The van der Waals surface area contributed by atoms with Crippen molar-refractivity contribution < 1.29 is 22.0 Å². The zero-order valence-electron chi connectivity index (χ0n) is 9.43. The topological polar surface area (TPSA) is 26.0 Å². The normalized spacial score (nSPS) is 11.6. The van der Waals surface area contributed by atoms with Crippen LogP contribution in [0.5, 0.6) is 0 Å².